The number of sulfonamides is 1. The Balaban J connectivity index is 1.86. The Morgan fingerprint density at radius 2 is 1.74 bits per heavy atom. The van der Waals surface area contributed by atoms with Crippen LogP contribution >= 0.6 is 34.8 Å². The molecule has 34 heavy (non-hydrogen) atoms. The van der Waals surface area contributed by atoms with Gasteiger partial charge in [0.15, 0.2) is 0 Å². The molecule has 3 rings (SSSR count). The molecule has 7 nitrogen and oxygen atoms in total. The third-order valence-corrected chi connectivity index (χ3v) is 7.50. The van der Waals surface area contributed by atoms with Gasteiger partial charge in [-0.15, -0.1) is 0 Å². The number of nitrogens with zero attached hydrogens (tertiary/aromatic N) is 2. The zero-order chi connectivity index (χ0) is 24.9. The van der Waals surface area contributed by atoms with E-state index < -0.39 is 10.0 Å². The Labute approximate surface area is 213 Å². The highest BCUT2D eigenvalue weighted by Crippen LogP contribution is 2.27. The average Bonchev–Trinajstić information content (AvgIpc) is 3.23. The summed E-state index contributed by atoms with van der Waals surface area (Å²) in [5.41, 5.74) is 3.05. The lowest BCUT2D eigenvalue weighted by molar-refractivity contribution is -0.123. The van der Waals surface area contributed by atoms with Crippen molar-refractivity contribution in [2.75, 3.05) is 0 Å². The first-order valence-corrected chi connectivity index (χ1v) is 12.7. The van der Waals surface area contributed by atoms with Crippen LogP contribution in [0.3, 0.4) is 0 Å². The van der Waals surface area contributed by atoms with Crippen LogP contribution in [0.15, 0.2) is 69.0 Å². The fraction of sp³-hybridized carbons (Fsp3) is 0.217. The van der Waals surface area contributed by atoms with Gasteiger partial charge in [-0.05, 0) is 54.1 Å². The molecule has 0 radical (unpaired) electrons. The molecule has 11 heteroatoms. The Morgan fingerprint density at radius 3 is 2.38 bits per heavy atom. The lowest BCUT2D eigenvalue weighted by Crippen LogP contribution is -2.30. The molecule has 0 spiro atoms. The Bertz CT molecular complexity index is 1290. The maximum Gasteiger partial charge on any atom is 0.243 e. The molecule has 0 bridgehead atoms. The summed E-state index contributed by atoms with van der Waals surface area (Å²) >= 11 is 18.0. The van der Waals surface area contributed by atoms with Gasteiger partial charge in [0.2, 0.25) is 15.9 Å². The first-order valence-electron chi connectivity index (χ1n) is 10.2. The van der Waals surface area contributed by atoms with Crippen molar-refractivity contribution in [3.8, 4) is 0 Å². The second-order valence-corrected chi connectivity index (χ2v) is 10.9. The van der Waals surface area contributed by atoms with Gasteiger partial charge >= 0.3 is 0 Å². The molecule has 0 unspecified atom stereocenters. The van der Waals surface area contributed by atoms with Gasteiger partial charge in [0.05, 0.1) is 27.7 Å². The van der Waals surface area contributed by atoms with Crippen molar-refractivity contribution in [1.82, 2.24) is 9.73 Å². The number of hydrazone groups is 1. The van der Waals surface area contributed by atoms with Crippen molar-refractivity contribution >= 4 is 56.9 Å². The Kier molecular flexibility index (Phi) is 8.78. The molecule has 0 saturated carbocycles. The van der Waals surface area contributed by atoms with Crippen LogP contribution in [-0.2, 0) is 27.9 Å². The highest BCUT2D eigenvalue weighted by molar-refractivity contribution is 7.89. The highest BCUT2D eigenvalue weighted by atomic mass is 35.5. The highest BCUT2D eigenvalue weighted by Gasteiger charge is 2.26. The average molecular weight is 543 g/mol. The molecule has 0 saturated heterocycles. The standard InChI is InChI=1S/C23H22Cl3N3O4S/c1-15(2)23(30)28-27-12-18-6-7-19(33-18)14-29(13-16-3-10-21(25)22(26)11-16)34(31,32)20-8-4-17(24)5-9-20/h3-12,15H,13-14H2,1-2H3,(H,28,30)/b27-12-. The summed E-state index contributed by atoms with van der Waals surface area (Å²) in [5.74, 6) is 0.300. The van der Waals surface area contributed by atoms with Gasteiger partial charge in [0.25, 0.3) is 0 Å². The molecule has 3 aromatic rings. The predicted octanol–water partition coefficient (Wildman–Crippen LogP) is 5.74. The molecule has 1 N–H and O–H groups in total. The molecule has 0 aliphatic heterocycles. The first kappa shape index (κ1) is 26.2. The van der Waals surface area contributed by atoms with E-state index in [1.807, 2.05) is 0 Å². The smallest absolute Gasteiger partial charge is 0.243 e. The van der Waals surface area contributed by atoms with Gasteiger partial charge < -0.3 is 4.42 Å². The summed E-state index contributed by atoms with van der Waals surface area (Å²) in [5, 5.41) is 4.98. The van der Waals surface area contributed by atoms with E-state index >= 15 is 0 Å². The molecule has 180 valence electrons. The predicted molar refractivity (Wildman–Crippen MR) is 134 cm³/mol. The third-order valence-electron chi connectivity index (χ3n) is 4.70. The minimum absolute atomic E-state index is 0.0242. The lowest BCUT2D eigenvalue weighted by atomic mass is 10.2. The van der Waals surface area contributed by atoms with Crippen LogP contribution in [0, 0.1) is 5.92 Å². The topological polar surface area (TPSA) is 92.0 Å². The van der Waals surface area contributed by atoms with Crippen LogP contribution in [0.5, 0.6) is 0 Å². The van der Waals surface area contributed by atoms with E-state index in [9.17, 15) is 13.2 Å². The van der Waals surface area contributed by atoms with E-state index in [2.05, 4.69) is 10.5 Å². The molecular weight excluding hydrogens is 521 g/mol. The normalized spacial score (nSPS) is 12.1. The van der Waals surface area contributed by atoms with E-state index in [1.54, 1.807) is 44.2 Å². The van der Waals surface area contributed by atoms with E-state index in [1.165, 1.54) is 34.8 Å². The van der Waals surface area contributed by atoms with Gasteiger partial charge in [-0.1, -0.05) is 54.7 Å². The summed E-state index contributed by atoms with van der Waals surface area (Å²) in [6.07, 6.45) is 1.35. The first-order chi connectivity index (χ1) is 16.1. The fourth-order valence-electron chi connectivity index (χ4n) is 2.83. The molecule has 1 amide bonds. The number of halogens is 3. The molecule has 0 atom stereocenters. The zero-order valence-electron chi connectivity index (χ0n) is 18.3. The minimum Gasteiger partial charge on any atom is -0.459 e. The van der Waals surface area contributed by atoms with Crippen LogP contribution in [0.25, 0.3) is 0 Å². The largest absolute Gasteiger partial charge is 0.459 e. The fourth-order valence-corrected chi connectivity index (χ4v) is 4.68. The van der Waals surface area contributed by atoms with Crippen LogP contribution in [0.4, 0.5) is 0 Å². The van der Waals surface area contributed by atoms with Gasteiger partial charge in [0.1, 0.15) is 11.5 Å². The number of hydrogen-bond donors (Lipinski definition) is 1. The van der Waals surface area contributed by atoms with Crippen LogP contribution in [0.1, 0.15) is 30.9 Å². The van der Waals surface area contributed by atoms with Crippen molar-refractivity contribution in [3.63, 3.8) is 0 Å². The summed E-state index contributed by atoms with van der Waals surface area (Å²) in [6.45, 7) is 3.46. The van der Waals surface area contributed by atoms with Crippen LogP contribution in [0.2, 0.25) is 15.1 Å². The quantitative estimate of drug-likeness (QED) is 0.276. The van der Waals surface area contributed by atoms with Crippen molar-refractivity contribution in [3.05, 3.63) is 86.7 Å². The number of rotatable bonds is 9. The van der Waals surface area contributed by atoms with Gasteiger partial charge in [0, 0.05) is 17.5 Å². The van der Waals surface area contributed by atoms with E-state index in [0.717, 1.165) is 0 Å². The van der Waals surface area contributed by atoms with E-state index in [4.69, 9.17) is 39.2 Å². The number of carbonyl (C=O) groups is 1. The van der Waals surface area contributed by atoms with Crippen molar-refractivity contribution in [2.45, 2.75) is 31.8 Å². The molecular formula is C23H22Cl3N3O4S. The molecule has 0 fully saturated rings. The number of hydrogen-bond acceptors (Lipinski definition) is 5. The monoisotopic (exact) mass is 541 g/mol. The summed E-state index contributed by atoms with van der Waals surface area (Å²) in [7, 11) is -3.92. The Hall–Kier alpha value is -2.36. The maximum absolute atomic E-state index is 13.4. The summed E-state index contributed by atoms with van der Waals surface area (Å²) in [6, 6.07) is 14.1. The number of nitrogens with one attached hydrogen (secondary N) is 1. The van der Waals surface area contributed by atoms with Crippen LogP contribution in [-0.4, -0.2) is 24.8 Å². The second kappa shape index (κ2) is 11.4. The Morgan fingerprint density at radius 1 is 1.03 bits per heavy atom. The molecule has 1 aromatic heterocycles. The third kappa shape index (κ3) is 6.84. The molecule has 1 heterocycles. The molecule has 2 aromatic carbocycles. The van der Waals surface area contributed by atoms with Crippen molar-refractivity contribution in [2.24, 2.45) is 11.0 Å². The van der Waals surface area contributed by atoms with Crippen molar-refractivity contribution in [1.29, 1.82) is 0 Å². The summed E-state index contributed by atoms with van der Waals surface area (Å²) in [4.78, 5) is 11.7. The zero-order valence-corrected chi connectivity index (χ0v) is 21.4. The SMILES string of the molecule is CC(C)C(=O)N/N=C\c1ccc(CN(Cc2ccc(Cl)c(Cl)c2)S(=O)(=O)c2ccc(Cl)cc2)o1. The second-order valence-electron chi connectivity index (χ2n) is 7.67. The van der Waals surface area contributed by atoms with Gasteiger partial charge in [-0.3, -0.25) is 4.79 Å². The van der Waals surface area contributed by atoms with Gasteiger partial charge in [-0.2, -0.15) is 9.41 Å². The molecule has 0 aliphatic carbocycles. The maximum atomic E-state index is 13.4. The van der Waals surface area contributed by atoms with Gasteiger partial charge in [-0.25, -0.2) is 13.8 Å². The van der Waals surface area contributed by atoms with Crippen molar-refractivity contribution < 1.29 is 17.6 Å². The van der Waals surface area contributed by atoms with E-state index in [-0.39, 0.29) is 29.8 Å². The number of carbonyl (C=O) groups excluding carboxylic acids is 1. The van der Waals surface area contributed by atoms with Crippen LogP contribution < -0.4 is 5.43 Å². The minimum atomic E-state index is -3.92. The van der Waals surface area contributed by atoms with E-state index in [0.29, 0.717) is 32.2 Å². The molecule has 0 aliphatic rings. The number of furan rings is 1. The number of amides is 1. The summed E-state index contributed by atoms with van der Waals surface area (Å²) < 4.78 is 33.8. The lowest BCUT2D eigenvalue weighted by Gasteiger charge is -2.22. The number of benzene rings is 2.